The van der Waals surface area contributed by atoms with Crippen molar-refractivity contribution in [3.05, 3.63) is 20.1 Å². The summed E-state index contributed by atoms with van der Waals surface area (Å²) in [4.78, 5) is 22.1. The molecule has 0 bridgehead atoms. The van der Waals surface area contributed by atoms with Gasteiger partial charge in [-0.3, -0.25) is 9.59 Å². The first-order valence-electron chi connectivity index (χ1n) is 5.05. The molecule has 1 rings (SSSR count). The SMILES string of the molecule is CC(=O)Oc1c(Br)c(C#N)c(OC(C)=O)c(Br)c1C#N. The Kier molecular flexibility index (Phi) is 5.26. The fourth-order valence-electron chi connectivity index (χ4n) is 1.32. The topological polar surface area (TPSA) is 100 Å². The van der Waals surface area contributed by atoms with Gasteiger partial charge < -0.3 is 9.47 Å². The Morgan fingerprint density at radius 2 is 1.20 bits per heavy atom. The maximum Gasteiger partial charge on any atom is 0.308 e. The average molecular weight is 402 g/mol. The summed E-state index contributed by atoms with van der Waals surface area (Å²) in [5.41, 5.74) is -0.135. The normalized spacial score (nSPS) is 9.30. The molecule has 0 aliphatic rings. The van der Waals surface area contributed by atoms with Gasteiger partial charge in [0, 0.05) is 13.8 Å². The van der Waals surface area contributed by atoms with Crippen molar-refractivity contribution < 1.29 is 19.1 Å². The highest BCUT2D eigenvalue weighted by Crippen LogP contribution is 2.44. The summed E-state index contributed by atoms with van der Waals surface area (Å²) in [5.74, 6) is -1.53. The Balaban J connectivity index is 3.72. The first-order chi connectivity index (χ1) is 9.33. The minimum absolute atomic E-state index is 0.0613. The lowest BCUT2D eigenvalue weighted by Gasteiger charge is -2.14. The van der Waals surface area contributed by atoms with Gasteiger partial charge in [-0.25, -0.2) is 0 Å². The first-order valence-corrected chi connectivity index (χ1v) is 6.64. The number of hydrogen-bond acceptors (Lipinski definition) is 6. The van der Waals surface area contributed by atoms with Gasteiger partial charge in [-0.1, -0.05) is 0 Å². The van der Waals surface area contributed by atoms with Crippen LogP contribution < -0.4 is 9.47 Å². The number of nitrogens with zero attached hydrogens (tertiary/aromatic N) is 2. The van der Waals surface area contributed by atoms with Crippen molar-refractivity contribution in [3.63, 3.8) is 0 Å². The molecule has 1 aromatic rings. The van der Waals surface area contributed by atoms with Gasteiger partial charge >= 0.3 is 11.9 Å². The predicted molar refractivity (Wildman–Crippen MR) is 73.9 cm³/mol. The summed E-state index contributed by atoms with van der Waals surface area (Å²) in [6.45, 7) is 2.32. The van der Waals surface area contributed by atoms with E-state index in [1.807, 2.05) is 12.1 Å². The second-order valence-electron chi connectivity index (χ2n) is 3.45. The second-order valence-corrected chi connectivity index (χ2v) is 5.03. The van der Waals surface area contributed by atoms with E-state index in [9.17, 15) is 9.59 Å². The Bertz CT molecular complexity index is 627. The molecule has 0 aliphatic carbocycles. The largest absolute Gasteiger partial charge is 0.424 e. The van der Waals surface area contributed by atoms with Crippen LogP contribution in [0.3, 0.4) is 0 Å². The lowest BCUT2D eigenvalue weighted by Crippen LogP contribution is -2.09. The minimum Gasteiger partial charge on any atom is -0.424 e. The molecule has 0 atom stereocenters. The van der Waals surface area contributed by atoms with Gasteiger partial charge in [0.05, 0.1) is 8.95 Å². The molecule has 0 radical (unpaired) electrons. The van der Waals surface area contributed by atoms with E-state index < -0.39 is 11.9 Å². The fraction of sp³-hybridized carbons (Fsp3) is 0.167. The second kappa shape index (κ2) is 6.51. The monoisotopic (exact) mass is 400 g/mol. The Morgan fingerprint density at radius 3 is 1.40 bits per heavy atom. The Hall–Kier alpha value is -1.90. The van der Waals surface area contributed by atoms with Crippen molar-refractivity contribution in [1.82, 2.24) is 0 Å². The van der Waals surface area contributed by atoms with Gasteiger partial charge in [-0.05, 0) is 31.9 Å². The van der Waals surface area contributed by atoms with Gasteiger partial charge in [-0.15, -0.1) is 0 Å². The quantitative estimate of drug-likeness (QED) is 0.557. The lowest BCUT2D eigenvalue weighted by atomic mass is 10.1. The molecule has 0 unspecified atom stereocenters. The highest BCUT2D eigenvalue weighted by Gasteiger charge is 2.26. The molecule has 0 N–H and O–H groups in total. The van der Waals surface area contributed by atoms with Crippen molar-refractivity contribution >= 4 is 43.8 Å². The molecule has 0 heterocycles. The zero-order valence-electron chi connectivity index (χ0n) is 10.3. The van der Waals surface area contributed by atoms with Crippen LogP contribution in [0.1, 0.15) is 25.0 Å². The van der Waals surface area contributed by atoms with E-state index in [1.54, 1.807) is 0 Å². The number of carbonyl (C=O) groups excluding carboxylic acids is 2. The summed E-state index contributed by atoms with van der Waals surface area (Å²) in [5, 5.41) is 18.3. The van der Waals surface area contributed by atoms with Crippen LogP contribution in [-0.2, 0) is 9.59 Å². The summed E-state index contributed by atoms with van der Waals surface area (Å²) in [6.07, 6.45) is 0. The third kappa shape index (κ3) is 3.16. The molecule has 20 heavy (non-hydrogen) atoms. The lowest BCUT2D eigenvalue weighted by molar-refractivity contribution is -0.133. The molecule has 0 amide bonds. The van der Waals surface area contributed by atoms with Gasteiger partial charge in [0.25, 0.3) is 0 Å². The van der Waals surface area contributed by atoms with Crippen molar-refractivity contribution in [3.8, 4) is 23.6 Å². The number of hydrogen-bond donors (Lipinski definition) is 0. The van der Waals surface area contributed by atoms with Crippen LogP contribution in [0, 0.1) is 22.7 Å². The molecule has 0 aromatic heterocycles. The Labute approximate surface area is 131 Å². The van der Waals surface area contributed by atoms with E-state index in [0.29, 0.717) is 0 Å². The van der Waals surface area contributed by atoms with Gasteiger partial charge in [-0.2, -0.15) is 10.5 Å². The molecule has 8 heteroatoms. The summed E-state index contributed by atoms with van der Waals surface area (Å²) >= 11 is 6.15. The number of nitriles is 2. The molecule has 1 aromatic carbocycles. The van der Waals surface area contributed by atoms with Crippen LogP contribution in [0.15, 0.2) is 8.95 Å². The van der Waals surface area contributed by atoms with Crippen molar-refractivity contribution in [2.75, 3.05) is 0 Å². The number of ether oxygens (including phenoxy) is 2. The van der Waals surface area contributed by atoms with Crippen LogP contribution in [0.2, 0.25) is 0 Å². The molecule has 0 aliphatic heterocycles. The third-order valence-electron chi connectivity index (χ3n) is 2.01. The van der Waals surface area contributed by atoms with Crippen LogP contribution in [-0.4, -0.2) is 11.9 Å². The van der Waals surface area contributed by atoms with E-state index >= 15 is 0 Å². The standard InChI is InChI=1S/C12H6Br2N2O4/c1-5(17)19-11-7(3-15)10(14)12(20-6(2)18)8(4-16)9(11)13/h1-2H3. The molecule has 0 fully saturated rings. The predicted octanol–water partition coefficient (Wildman–Crippen LogP) is 2.81. The van der Waals surface area contributed by atoms with Crippen molar-refractivity contribution in [2.24, 2.45) is 0 Å². The van der Waals surface area contributed by atoms with Crippen LogP contribution in [0.5, 0.6) is 11.5 Å². The minimum atomic E-state index is -0.654. The van der Waals surface area contributed by atoms with Crippen molar-refractivity contribution in [2.45, 2.75) is 13.8 Å². The van der Waals surface area contributed by atoms with Gasteiger partial charge in [0.2, 0.25) is 0 Å². The van der Waals surface area contributed by atoms with E-state index in [1.165, 1.54) is 0 Å². The number of rotatable bonds is 2. The molecular weight excluding hydrogens is 396 g/mol. The third-order valence-corrected chi connectivity index (χ3v) is 3.52. The molecular formula is C12H6Br2N2O4. The zero-order chi connectivity index (χ0) is 15.4. The van der Waals surface area contributed by atoms with E-state index in [-0.39, 0.29) is 31.6 Å². The number of carbonyl (C=O) groups is 2. The fourth-order valence-corrected chi connectivity index (χ4v) is 2.42. The highest BCUT2D eigenvalue weighted by molar-refractivity contribution is 9.11. The van der Waals surface area contributed by atoms with Crippen LogP contribution >= 0.6 is 31.9 Å². The zero-order valence-corrected chi connectivity index (χ0v) is 13.5. The van der Waals surface area contributed by atoms with E-state index in [4.69, 9.17) is 20.0 Å². The summed E-state index contributed by atoms with van der Waals surface area (Å²) in [7, 11) is 0. The van der Waals surface area contributed by atoms with E-state index in [0.717, 1.165) is 13.8 Å². The molecule has 0 saturated carbocycles. The summed E-state index contributed by atoms with van der Waals surface area (Å²) in [6, 6.07) is 3.64. The highest BCUT2D eigenvalue weighted by atomic mass is 79.9. The van der Waals surface area contributed by atoms with Crippen LogP contribution in [0.25, 0.3) is 0 Å². The first kappa shape index (κ1) is 16.2. The molecule has 102 valence electrons. The Morgan fingerprint density at radius 1 is 0.900 bits per heavy atom. The number of benzene rings is 1. The van der Waals surface area contributed by atoms with Crippen molar-refractivity contribution in [1.29, 1.82) is 10.5 Å². The molecule has 6 nitrogen and oxygen atoms in total. The van der Waals surface area contributed by atoms with Gasteiger partial charge in [0.1, 0.15) is 23.3 Å². The summed E-state index contributed by atoms with van der Waals surface area (Å²) < 4.78 is 9.96. The van der Waals surface area contributed by atoms with Gasteiger partial charge in [0.15, 0.2) is 11.5 Å². The number of esters is 2. The molecule has 0 saturated heterocycles. The maximum absolute atomic E-state index is 11.1. The van der Waals surface area contributed by atoms with Crippen LogP contribution in [0.4, 0.5) is 0 Å². The maximum atomic E-state index is 11.1. The average Bonchev–Trinajstić information content (AvgIpc) is 2.35. The number of halogens is 2. The van der Waals surface area contributed by atoms with E-state index in [2.05, 4.69) is 31.9 Å². The smallest absolute Gasteiger partial charge is 0.308 e. The molecule has 0 spiro atoms.